The van der Waals surface area contributed by atoms with Crippen LogP contribution in [0.5, 0.6) is 0 Å². The van der Waals surface area contributed by atoms with Crippen LogP contribution in [-0.4, -0.2) is 0 Å². The summed E-state index contributed by atoms with van der Waals surface area (Å²) in [6.45, 7) is 2.16. The van der Waals surface area contributed by atoms with Crippen molar-refractivity contribution < 1.29 is 28.9 Å². The molecular formula is C20H15ClO4S. The molecule has 3 aromatic carbocycles. The molecule has 26 heavy (non-hydrogen) atoms. The van der Waals surface area contributed by atoms with Crippen molar-refractivity contribution in [2.24, 2.45) is 0 Å². The number of benzene rings is 3. The predicted octanol–water partition coefficient (Wildman–Crippen LogP) is 1.56. The molecule has 0 radical (unpaired) electrons. The van der Waals surface area contributed by atoms with E-state index in [4.69, 9.17) is 18.6 Å². The summed E-state index contributed by atoms with van der Waals surface area (Å²) < 4.78 is 36.7. The monoisotopic (exact) mass is 386 g/mol. The van der Waals surface area contributed by atoms with E-state index in [2.05, 4.69) is 79.7 Å². The molecule has 4 aromatic rings. The fourth-order valence-electron chi connectivity index (χ4n) is 2.86. The third-order valence-electron chi connectivity index (χ3n) is 3.85. The van der Waals surface area contributed by atoms with Crippen molar-refractivity contribution in [2.45, 2.75) is 6.92 Å². The lowest BCUT2D eigenvalue weighted by Gasteiger charge is -2.17. The summed E-state index contributed by atoms with van der Waals surface area (Å²) in [4.78, 5) is 0. The normalized spacial score (nSPS) is 11.3. The number of rotatable bonds is 1. The Hall–Kier alpha value is -2.12. The molecule has 4 nitrogen and oxygen atoms in total. The van der Waals surface area contributed by atoms with Gasteiger partial charge in [0.1, 0.15) is 0 Å². The summed E-state index contributed by atoms with van der Waals surface area (Å²) >= 11 is 1.87. The van der Waals surface area contributed by atoms with Crippen LogP contribution < -0.4 is 18.6 Å². The van der Waals surface area contributed by atoms with Crippen molar-refractivity contribution in [3.8, 4) is 11.1 Å². The van der Waals surface area contributed by atoms with Crippen LogP contribution in [0, 0.1) is 17.2 Å². The van der Waals surface area contributed by atoms with Crippen molar-refractivity contribution in [1.82, 2.24) is 0 Å². The van der Waals surface area contributed by atoms with Crippen LogP contribution in [0.15, 0.2) is 72.8 Å². The van der Waals surface area contributed by atoms with Crippen molar-refractivity contribution >= 4 is 31.5 Å². The first-order valence-corrected chi connectivity index (χ1v) is 9.80. The van der Waals surface area contributed by atoms with Gasteiger partial charge in [-0.15, -0.1) is 10.2 Å². The molecule has 0 amide bonds. The van der Waals surface area contributed by atoms with Gasteiger partial charge >= 0.3 is 0 Å². The molecule has 0 saturated carbocycles. The molecular weight excluding hydrogens is 372 g/mol. The Morgan fingerprint density at radius 2 is 1.27 bits per heavy atom. The van der Waals surface area contributed by atoms with E-state index in [1.54, 1.807) is 0 Å². The minimum atomic E-state index is -4.94. The number of halogens is 1. The molecule has 0 aliphatic rings. The van der Waals surface area contributed by atoms with E-state index in [1.165, 1.54) is 36.9 Å². The van der Waals surface area contributed by atoms with E-state index in [1.807, 2.05) is 11.3 Å². The van der Waals surface area contributed by atoms with Gasteiger partial charge in [0.2, 0.25) is 20.7 Å². The summed E-state index contributed by atoms with van der Waals surface area (Å²) in [5.74, 6) is 0. The molecule has 0 N–H and O–H groups in total. The topological polar surface area (TPSA) is 92.2 Å². The van der Waals surface area contributed by atoms with Crippen molar-refractivity contribution in [3.05, 3.63) is 78.4 Å². The van der Waals surface area contributed by atoms with Gasteiger partial charge in [-0.3, -0.25) is 0 Å². The highest BCUT2D eigenvalue weighted by atomic mass is 35.7. The number of hydrogen-bond donors (Lipinski definition) is 0. The zero-order valence-electron chi connectivity index (χ0n) is 13.8. The average molecular weight is 387 g/mol. The highest BCUT2D eigenvalue weighted by Crippen LogP contribution is 2.39. The molecule has 0 fully saturated rings. The third-order valence-corrected chi connectivity index (χ3v) is 4.98. The Kier molecular flexibility index (Phi) is 5.48. The molecule has 0 aliphatic carbocycles. The zero-order chi connectivity index (χ0) is 18.7. The zero-order valence-corrected chi connectivity index (χ0v) is 15.4. The van der Waals surface area contributed by atoms with E-state index in [0.29, 0.717) is 0 Å². The molecule has 0 unspecified atom stereocenters. The van der Waals surface area contributed by atoms with E-state index >= 15 is 0 Å². The fraction of sp³-hybridized carbons (Fsp3) is 0.0500. The SMILES string of the molecule is Cc1ccc2c(-c3ccccc3)c3ccccc3[s+]c2c1.[O-][Cl+3]([O-])([O-])[O-]. The van der Waals surface area contributed by atoms with Crippen molar-refractivity contribution in [3.63, 3.8) is 0 Å². The summed E-state index contributed by atoms with van der Waals surface area (Å²) in [5.41, 5.74) is 3.95. The van der Waals surface area contributed by atoms with Crippen molar-refractivity contribution in [2.75, 3.05) is 0 Å². The Morgan fingerprint density at radius 3 is 1.96 bits per heavy atom. The van der Waals surface area contributed by atoms with E-state index in [-0.39, 0.29) is 0 Å². The molecule has 0 aliphatic heterocycles. The first kappa shape index (κ1) is 18.7. The predicted molar refractivity (Wildman–Crippen MR) is 93.9 cm³/mol. The van der Waals surface area contributed by atoms with Gasteiger partial charge in [0, 0.05) is 28.5 Å². The van der Waals surface area contributed by atoms with Crippen LogP contribution in [0.1, 0.15) is 5.56 Å². The maximum absolute atomic E-state index is 8.49. The molecule has 6 heteroatoms. The summed E-state index contributed by atoms with van der Waals surface area (Å²) in [6, 6.07) is 26.1. The molecule has 0 bridgehead atoms. The standard InChI is InChI=1S/C20H15S.ClHO4/c1-14-11-12-17-19(13-14)21-18-10-6-5-9-16(18)20(17)15-7-3-2-4-8-15;2-1(3,4)5/h2-13H,1H3;(H,2,3,4,5)/q+1;/p-1. The summed E-state index contributed by atoms with van der Waals surface area (Å²) in [7, 11) is -4.94. The average Bonchev–Trinajstić information content (AvgIpc) is 2.59. The quantitative estimate of drug-likeness (QED) is 0.366. The van der Waals surface area contributed by atoms with Gasteiger partial charge in [-0.1, -0.05) is 48.5 Å². The van der Waals surface area contributed by atoms with Crippen molar-refractivity contribution in [1.29, 1.82) is 0 Å². The molecule has 1 aromatic heterocycles. The highest BCUT2D eigenvalue weighted by Gasteiger charge is 2.18. The third kappa shape index (κ3) is 4.53. The summed E-state index contributed by atoms with van der Waals surface area (Å²) in [6.07, 6.45) is 0. The second-order valence-corrected chi connectivity index (χ2v) is 7.56. The maximum Gasteiger partial charge on any atom is 0.239 e. The molecule has 0 saturated heterocycles. The van der Waals surface area contributed by atoms with Crippen LogP contribution in [0.3, 0.4) is 0 Å². The molecule has 0 spiro atoms. The van der Waals surface area contributed by atoms with Gasteiger partial charge in [-0.05, 0) is 30.2 Å². The van der Waals surface area contributed by atoms with Gasteiger partial charge in [0.25, 0.3) is 0 Å². The molecule has 1 heterocycles. The minimum absolute atomic E-state index is 1.29. The van der Waals surface area contributed by atoms with E-state index in [0.717, 1.165) is 0 Å². The van der Waals surface area contributed by atoms with Gasteiger partial charge in [-0.25, -0.2) is 18.6 Å². The van der Waals surface area contributed by atoms with Crippen LogP contribution in [-0.2, 0) is 0 Å². The van der Waals surface area contributed by atoms with Gasteiger partial charge in [0.05, 0.1) is 0 Å². The fourth-order valence-corrected chi connectivity index (χ4v) is 4.05. The smallest absolute Gasteiger partial charge is 0.222 e. The molecule has 0 atom stereocenters. The van der Waals surface area contributed by atoms with Crippen LogP contribution in [0.25, 0.3) is 31.3 Å². The Morgan fingerprint density at radius 1 is 0.692 bits per heavy atom. The number of hydrogen-bond acceptors (Lipinski definition) is 4. The first-order chi connectivity index (χ1) is 12.3. The molecule has 4 rings (SSSR count). The second kappa shape index (κ2) is 7.63. The lowest BCUT2D eigenvalue weighted by atomic mass is 9.98. The highest BCUT2D eigenvalue weighted by molar-refractivity contribution is 7.24. The Balaban J connectivity index is 0.000000349. The summed E-state index contributed by atoms with van der Waals surface area (Å²) in [5, 5.41) is 2.68. The first-order valence-electron chi connectivity index (χ1n) is 7.75. The Labute approximate surface area is 157 Å². The maximum atomic E-state index is 8.49. The van der Waals surface area contributed by atoms with E-state index < -0.39 is 10.2 Å². The van der Waals surface area contributed by atoms with Crippen LogP contribution >= 0.6 is 11.3 Å². The van der Waals surface area contributed by atoms with E-state index in [9.17, 15) is 0 Å². The minimum Gasteiger partial charge on any atom is -0.222 e. The van der Waals surface area contributed by atoms with Gasteiger partial charge < -0.3 is 0 Å². The molecule has 132 valence electrons. The lowest BCUT2D eigenvalue weighted by Crippen LogP contribution is -2.68. The Bertz CT molecular complexity index is 1040. The largest absolute Gasteiger partial charge is 0.239 e. The number of fused-ring (bicyclic) bond motifs is 2. The second-order valence-electron chi connectivity index (χ2n) is 5.72. The van der Waals surface area contributed by atoms with Crippen LogP contribution in [0.2, 0.25) is 0 Å². The lowest BCUT2D eigenvalue weighted by molar-refractivity contribution is -2.00. The van der Waals surface area contributed by atoms with Gasteiger partial charge in [0.15, 0.2) is 0 Å². The van der Waals surface area contributed by atoms with Crippen LogP contribution in [0.4, 0.5) is 0 Å². The number of aryl methyl sites for hydroxylation is 1. The van der Waals surface area contributed by atoms with Gasteiger partial charge in [-0.2, -0.15) is 0 Å².